The fourth-order valence-corrected chi connectivity index (χ4v) is 2.33. The monoisotopic (exact) mass is 296 g/mol. The van der Waals surface area contributed by atoms with E-state index < -0.39 is 11.9 Å². The first-order valence-corrected chi connectivity index (χ1v) is 6.71. The molecule has 7 heteroatoms. The number of carboxylic acids is 1. The third kappa shape index (κ3) is 4.24. The van der Waals surface area contributed by atoms with Crippen molar-refractivity contribution in [3.05, 3.63) is 15.8 Å². The molecule has 0 fully saturated rings. The third-order valence-corrected chi connectivity index (χ3v) is 3.88. The van der Waals surface area contributed by atoms with Gasteiger partial charge in [0.1, 0.15) is 12.3 Å². The van der Waals surface area contributed by atoms with Crippen LogP contribution < -0.4 is 10.1 Å². The number of carbonyl (C=O) groups is 2. The second-order valence-corrected chi connectivity index (χ2v) is 6.13. The van der Waals surface area contributed by atoms with Gasteiger partial charge in [-0.3, -0.25) is 4.79 Å². The first kappa shape index (κ1) is 16.0. The highest BCUT2D eigenvalue weighted by Gasteiger charge is 2.24. The summed E-state index contributed by atoms with van der Waals surface area (Å²) < 4.78 is 5.24. The Labute approximate surface area is 121 Å². The fourth-order valence-electron chi connectivity index (χ4n) is 1.33. The molecule has 0 saturated carbocycles. The minimum absolute atomic E-state index is 0.0722. The van der Waals surface area contributed by atoms with Crippen LogP contribution in [-0.2, 0) is 10.2 Å². The Hall–Kier alpha value is -2.07. The number of thiophene rings is 1. The second kappa shape index (κ2) is 6.39. The first-order valence-electron chi connectivity index (χ1n) is 5.89. The van der Waals surface area contributed by atoms with E-state index in [4.69, 9.17) is 15.1 Å². The molecule has 0 bridgehead atoms. The number of nitrogens with one attached hydrogen (secondary N) is 1. The molecule has 108 valence electrons. The largest absolute Gasteiger partial charge is 0.482 e. The SMILES string of the molecule is CC(C)(C)c1cc(OCC(=O)NCC#N)c(C(=O)O)s1. The van der Waals surface area contributed by atoms with Gasteiger partial charge in [0.05, 0.1) is 6.07 Å². The van der Waals surface area contributed by atoms with Crippen LogP contribution in [0.15, 0.2) is 6.07 Å². The van der Waals surface area contributed by atoms with Crippen molar-refractivity contribution < 1.29 is 19.4 Å². The Morgan fingerprint density at radius 2 is 2.15 bits per heavy atom. The van der Waals surface area contributed by atoms with Crippen molar-refractivity contribution in [2.24, 2.45) is 0 Å². The van der Waals surface area contributed by atoms with Crippen molar-refractivity contribution in [3.8, 4) is 11.8 Å². The lowest BCUT2D eigenvalue weighted by atomic mass is 9.95. The van der Waals surface area contributed by atoms with Crippen LogP contribution in [0.25, 0.3) is 0 Å². The molecular weight excluding hydrogens is 280 g/mol. The van der Waals surface area contributed by atoms with Gasteiger partial charge in [0.2, 0.25) is 0 Å². The summed E-state index contributed by atoms with van der Waals surface area (Å²) in [6.45, 7) is 5.47. The predicted octanol–water partition coefficient (Wildman–Crippen LogP) is 1.76. The molecule has 0 aliphatic heterocycles. The molecule has 2 N–H and O–H groups in total. The molecule has 1 aromatic heterocycles. The molecule has 0 aromatic carbocycles. The molecule has 1 rings (SSSR count). The lowest BCUT2D eigenvalue weighted by Crippen LogP contribution is -2.29. The summed E-state index contributed by atoms with van der Waals surface area (Å²) in [5, 5.41) is 19.8. The van der Waals surface area contributed by atoms with Gasteiger partial charge in [-0.15, -0.1) is 11.3 Å². The summed E-state index contributed by atoms with van der Waals surface area (Å²) in [4.78, 5) is 23.4. The lowest BCUT2D eigenvalue weighted by Gasteiger charge is -2.14. The fraction of sp³-hybridized carbons (Fsp3) is 0.462. The number of carbonyl (C=O) groups excluding carboxylic acids is 1. The van der Waals surface area contributed by atoms with Gasteiger partial charge < -0.3 is 15.2 Å². The molecule has 0 saturated heterocycles. The average Bonchev–Trinajstić information content (AvgIpc) is 2.77. The number of nitriles is 1. The summed E-state index contributed by atoms with van der Waals surface area (Å²) in [6, 6.07) is 3.42. The van der Waals surface area contributed by atoms with Gasteiger partial charge in [0, 0.05) is 4.88 Å². The Bertz CT molecular complexity index is 552. The van der Waals surface area contributed by atoms with E-state index in [0.29, 0.717) is 0 Å². The summed E-state index contributed by atoms with van der Waals surface area (Å²) in [5.74, 6) is -1.37. The molecule has 6 nitrogen and oxygen atoms in total. The van der Waals surface area contributed by atoms with E-state index >= 15 is 0 Å². The van der Waals surface area contributed by atoms with E-state index in [1.54, 1.807) is 12.1 Å². The zero-order valence-electron chi connectivity index (χ0n) is 11.5. The molecule has 0 spiro atoms. The Morgan fingerprint density at radius 3 is 2.65 bits per heavy atom. The third-order valence-electron chi connectivity index (χ3n) is 2.35. The van der Waals surface area contributed by atoms with Crippen molar-refractivity contribution in [1.82, 2.24) is 5.32 Å². The molecule has 0 radical (unpaired) electrons. The van der Waals surface area contributed by atoms with Crippen LogP contribution in [0, 0.1) is 11.3 Å². The highest BCUT2D eigenvalue weighted by molar-refractivity contribution is 7.14. The maximum atomic E-state index is 11.3. The maximum Gasteiger partial charge on any atom is 0.349 e. The minimum Gasteiger partial charge on any atom is -0.482 e. The molecule has 20 heavy (non-hydrogen) atoms. The molecule has 0 aliphatic carbocycles. The van der Waals surface area contributed by atoms with Gasteiger partial charge in [-0.05, 0) is 11.5 Å². The normalized spacial score (nSPS) is 10.7. The molecule has 1 heterocycles. The topological polar surface area (TPSA) is 99.4 Å². The van der Waals surface area contributed by atoms with E-state index in [2.05, 4.69) is 5.32 Å². The van der Waals surface area contributed by atoms with Crippen LogP contribution in [0.1, 0.15) is 35.3 Å². The number of nitrogens with zero attached hydrogens (tertiary/aromatic N) is 1. The molecule has 0 aliphatic rings. The van der Waals surface area contributed by atoms with Crippen molar-refractivity contribution in [2.75, 3.05) is 13.2 Å². The van der Waals surface area contributed by atoms with E-state index in [-0.39, 0.29) is 29.2 Å². The smallest absolute Gasteiger partial charge is 0.349 e. The van der Waals surface area contributed by atoms with Gasteiger partial charge in [0.15, 0.2) is 11.5 Å². The van der Waals surface area contributed by atoms with Crippen molar-refractivity contribution in [1.29, 1.82) is 5.26 Å². The summed E-state index contributed by atoms with van der Waals surface area (Å²) in [6.07, 6.45) is 0. The van der Waals surface area contributed by atoms with Crippen molar-refractivity contribution in [2.45, 2.75) is 26.2 Å². The Kier molecular flexibility index (Phi) is 5.11. The van der Waals surface area contributed by atoms with Crippen LogP contribution in [0.3, 0.4) is 0 Å². The molecule has 1 aromatic rings. The second-order valence-electron chi connectivity index (χ2n) is 5.08. The van der Waals surface area contributed by atoms with Crippen molar-refractivity contribution in [3.63, 3.8) is 0 Å². The van der Waals surface area contributed by atoms with Crippen LogP contribution in [0.2, 0.25) is 0 Å². The summed E-state index contributed by atoms with van der Waals surface area (Å²) >= 11 is 1.14. The highest BCUT2D eigenvalue weighted by atomic mass is 32.1. The van der Waals surface area contributed by atoms with Gasteiger partial charge in [0.25, 0.3) is 5.91 Å². The van der Waals surface area contributed by atoms with Crippen LogP contribution in [0.4, 0.5) is 0 Å². The van der Waals surface area contributed by atoms with Crippen LogP contribution >= 0.6 is 11.3 Å². The number of aromatic carboxylic acids is 1. The highest BCUT2D eigenvalue weighted by Crippen LogP contribution is 2.36. The maximum absolute atomic E-state index is 11.3. The van der Waals surface area contributed by atoms with E-state index in [0.717, 1.165) is 16.2 Å². The number of rotatable bonds is 5. The van der Waals surface area contributed by atoms with Gasteiger partial charge in [-0.2, -0.15) is 5.26 Å². The van der Waals surface area contributed by atoms with E-state index in [9.17, 15) is 9.59 Å². The standard InChI is InChI=1S/C13H16N2O4S/c1-13(2,3)9-6-8(11(20-9)12(17)18)19-7-10(16)15-5-4-14/h6H,5,7H2,1-3H3,(H,15,16)(H,17,18). The Balaban J connectivity index is 2.84. The number of ether oxygens (including phenoxy) is 1. The molecular formula is C13H16N2O4S. The molecule has 0 unspecified atom stereocenters. The predicted molar refractivity (Wildman–Crippen MR) is 74.1 cm³/mol. The molecule has 1 amide bonds. The van der Waals surface area contributed by atoms with Crippen molar-refractivity contribution >= 4 is 23.2 Å². The molecule has 0 atom stereocenters. The summed E-state index contributed by atoms with van der Waals surface area (Å²) in [5.41, 5.74) is -0.195. The zero-order valence-corrected chi connectivity index (χ0v) is 12.3. The lowest BCUT2D eigenvalue weighted by molar-refractivity contribution is -0.122. The average molecular weight is 296 g/mol. The van der Waals surface area contributed by atoms with Gasteiger partial charge in [-0.25, -0.2) is 4.79 Å². The minimum atomic E-state index is -1.09. The van der Waals surface area contributed by atoms with Gasteiger partial charge >= 0.3 is 5.97 Å². The number of hydrogen-bond acceptors (Lipinski definition) is 5. The van der Waals surface area contributed by atoms with Crippen LogP contribution in [0.5, 0.6) is 5.75 Å². The van der Waals surface area contributed by atoms with E-state index in [1.165, 1.54) is 0 Å². The Morgan fingerprint density at radius 1 is 1.50 bits per heavy atom. The van der Waals surface area contributed by atoms with E-state index in [1.807, 2.05) is 20.8 Å². The zero-order chi connectivity index (χ0) is 15.3. The van der Waals surface area contributed by atoms with Gasteiger partial charge in [-0.1, -0.05) is 20.8 Å². The quantitative estimate of drug-likeness (QED) is 0.807. The first-order chi connectivity index (χ1) is 9.25. The van der Waals surface area contributed by atoms with Crippen LogP contribution in [-0.4, -0.2) is 30.1 Å². The number of hydrogen-bond donors (Lipinski definition) is 2. The number of carboxylic acid groups (broad SMARTS) is 1. The summed E-state index contributed by atoms with van der Waals surface area (Å²) in [7, 11) is 0. The number of amides is 1.